The third-order valence-corrected chi connectivity index (χ3v) is 7.01. The van der Waals surface area contributed by atoms with Gasteiger partial charge in [-0.2, -0.15) is 4.31 Å². The number of rotatable bonds is 4. The fourth-order valence-corrected chi connectivity index (χ4v) is 5.58. The van der Waals surface area contributed by atoms with Gasteiger partial charge >= 0.3 is 5.97 Å². The summed E-state index contributed by atoms with van der Waals surface area (Å²) in [6.07, 6.45) is 1.26. The number of nitrogens with zero attached hydrogens (tertiary/aromatic N) is 1. The summed E-state index contributed by atoms with van der Waals surface area (Å²) in [7, 11) is -2.47. The van der Waals surface area contributed by atoms with Gasteiger partial charge in [-0.25, -0.2) is 13.2 Å². The van der Waals surface area contributed by atoms with E-state index in [1.165, 1.54) is 11.4 Å². The van der Waals surface area contributed by atoms with Gasteiger partial charge in [-0.05, 0) is 36.6 Å². The van der Waals surface area contributed by atoms with Crippen molar-refractivity contribution in [3.05, 3.63) is 15.8 Å². The van der Waals surface area contributed by atoms with Crippen LogP contribution in [-0.4, -0.2) is 50.6 Å². The lowest BCUT2D eigenvalue weighted by Crippen LogP contribution is -2.39. The van der Waals surface area contributed by atoms with Crippen molar-refractivity contribution in [1.82, 2.24) is 4.31 Å². The average molecular weight is 333 g/mol. The number of hydrogen-bond donors (Lipinski definition) is 1. The molecule has 1 aliphatic rings. The molecule has 1 saturated heterocycles. The Hall–Kier alpha value is -0.960. The number of ether oxygens (including phenoxy) is 1. The number of sulfonamides is 1. The average Bonchev–Trinajstić information content (AvgIpc) is 2.89. The van der Waals surface area contributed by atoms with E-state index in [2.05, 4.69) is 4.74 Å². The van der Waals surface area contributed by atoms with Crippen LogP contribution in [0.5, 0.6) is 0 Å². The van der Waals surface area contributed by atoms with Gasteiger partial charge < -0.3 is 9.84 Å². The molecule has 2 rings (SSSR count). The summed E-state index contributed by atoms with van der Waals surface area (Å²) in [5.41, 5.74) is 0.560. The number of aliphatic hydroxyl groups excluding tert-OH is 1. The predicted octanol–water partition coefficient (Wildman–Crippen LogP) is 1.24. The number of hydrogen-bond acceptors (Lipinski definition) is 6. The van der Waals surface area contributed by atoms with E-state index in [1.54, 1.807) is 12.3 Å². The van der Waals surface area contributed by atoms with Crippen molar-refractivity contribution in [2.45, 2.75) is 24.7 Å². The van der Waals surface area contributed by atoms with Gasteiger partial charge in [-0.1, -0.05) is 0 Å². The first-order valence-corrected chi connectivity index (χ1v) is 9.01. The van der Waals surface area contributed by atoms with Crippen LogP contribution in [0.4, 0.5) is 0 Å². The van der Waals surface area contributed by atoms with E-state index in [0.717, 1.165) is 11.3 Å². The molecule has 0 saturated carbocycles. The molecule has 0 spiro atoms. The highest BCUT2D eigenvalue weighted by molar-refractivity contribution is 7.89. The standard InChI is InChI=1S/C13H19NO5S2/c1-9-8-20-11(13(16)19-2)12(9)21(17,18)14-5-3-10(7-15)4-6-14/h8,10,15H,3-7H2,1-2H3. The zero-order valence-electron chi connectivity index (χ0n) is 12.0. The van der Waals surface area contributed by atoms with E-state index in [9.17, 15) is 13.2 Å². The van der Waals surface area contributed by atoms with Gasteiger partial charge in [-0.15, -0.1) is 11.3 Å². The van der Waals surface area contributed by atoms with Gasteiger partial charge in [0, 0.05) is 19.7 Å². The molecular weight excluding hydrogens is 314 g/mol. The van der Waals surface area contributed by atoms with Gasteiger partial charge in [0.2, 0.25) is 10.0 Å². The van der Waals surface area contributed by atoms with Crippen LogP contribution in [0.3, 0.4) is 0 Å². The Bertz CT molecular complexity index is 615. The van der Waals surface area contributed by atoms with Crippen LogP contribution in [0.25, 0.3) is 0 Å². The quantitative estimate of drug-likeness (QED) is 0.838. The summed E-state index contributed by atoms with van der Waals surface area (Å²) in [6.45, 7) is 2.49. The molecule has 0 bridgehead atoms. The second-order valence-electron chi connectivity index (χ2n) is 5.10. The Morgan fingerprint density at radius 2 is 2.10 bits per heavy atom. The molecule has 0 aliphatic carbocycles. The number of carbonyl (C=O) groups excluding carboxylic acids is 1. The molecule has 1 aromatic rings. The summed E-state index contributed by atoms with van der Waals surface area (Å²) >= 11 is 1.08. The summed E-state index contributed by atoms with van der Waals surface area (Å²) in [5.74, 6) is -0.475. The number of aliphatic hydroxyl groups is 1. The topological polar surface area (TPSA) is 83.9 Å². The third-order valence-electron chi connectivity index (χ3n) is 3.72. The first-order valence-electron chi connectivity index (χ1n) is 6.69. The third kappa shape index (κ3) is 3.13. The molecule has 0 amide bonds. The fourth-order valence-electron chi connectivity index (χ4n) is 2.45. The number of thiophene rings is 1. The van der Waals surface area contributed by atoms with Gasteiger partial charge in [0.05, 0.1) is 7.11 Å². The number of esters is 1. The lowest BCUT2D eigenvalue weighted by molar-refractivity contribution is 0.0602. The molecule has 21 heavy (non-hydrogen) atoms. The van der Waals surface area contributed by atoms with Crippen LogP contribution in [0.15, 0.2) is 10.3 Å². The van der Waals surface area contributed by atoms with Crippen LogP contribution in [0.2, 0.25) is 0 Å². The van der Waals surface area contributed by atoms with Crippen molar-refractivity contribution in [1.29, 1.82) is 0 Å². The molecule has 6 nitrogen and oxygen atoms in total. The van der Waals surface area contributed by atoms with Crippen molar-refractivity contribution >= 4 is 27.3 Å². The van der Waals surface area contributed by atoms with Crippen molar-refractivity contribution < 1.29 is 23.1 Å². The molecule has 118 valence electrons. The lowest BCUT2D eigenvalue weighted by atomic mass is 10.00. The molecule has 1 aliphatic heterocycles. The maximum absolute atomic E-state index is 12.8. The van der Waals surface area contributed by atoms with Crippen molar-refractivity contribution in [3.8, 4) is 0 Å². The largest absolute Gasteiger partial charge is 0.465 e. The Balaban J connectivity index is 2.32. The fraction of sp³-hybridized carbons (Fsp3) is 0.615. The monoisotopic (exact) mass is 333 g/mol. The van der Waals surface area contributed by atoms with Gasteiger partial charge in [0.25, 0.3) is 0 Å². The summed E-state index contributed by atoms with van der Waals surface area (Å²) in [5, 5.41) is 10.8. The van der Waals surface area contributed by atoms with E-state index in [-0.39, 0.29) is 22.3 Å². The molecule has 8 heteroatoms. The Labute approximate surface area is 128 Å². The van der Waals surface area contributed by atoms with Gasteiger partial charge in [-0.3, -0.25) is 0 Å². The Kier molecular flexibility index (Phi) is 5.03. The molecular formula is C13H19NO5S2. The minimum Gasteiger partial charge on any atom is -0.465 e. The second kappa shape index (κ2) is 6.43. The minimum atomic E-state index is -3.71. The summed E-state index contributed by atoms with van der Waals surface area (Å²) < 4.78 is 31.6. The summed E-state index contributed by atoms with van der Waals surface area (Å²) in [6, 6.07) is 0. The maximum atomic E-state index is 12.8. The van der Waals surface area contributed by atoms with Crippen LogP contribution >= 0.6 is 11.3 Å². The molecule has 1 fully saturated rings. The van der Waals surface area contributed by atoms with Crippen molar-refractivity contribution in [2.75, 3.05) is 26.8 Å². The highest BCUT2D eigenvalue weighted by Crippen LogP contribution is 2.32. The van der Waals surface area contributed by atoms with Gasteiger partial charge in [0.15, 0.2) is 0 Å². The predicted molar refractivity (Wildman–Crippen MR) is 79.0 cm³/mol. The SMILES string of the molecule is COC(=O)c1scc(C)c1S(=O)(=O)N1CCC(CO)CC1. The Morgan fingerprint density at radius 1 is 1.48 bits per heavy atom. The van der Waals surface area contributed by atoms with Crippen LogP contribution in [0.1, 0.15) is 28.1 Å². The zero-order chi connectivity index (χ0) is 15.6. The molecule has 1 aromatic heterocycles. The number of aryl methyl sites for hydroxylation is 1. The highest BCUT2D eigenvalue weighted by Gasteiger charge is 2.34. The van der Waals surface area contributed by atoms with Crippen LogP contribution < -0.4 is 0 Å². The first kappa shape index (κ1) is 16.4. The van der Waals surface area contributed by atoms with Crippen molar-refractivity contribution in [2.24, 2.45) is 5.92 Å². The van der Waals surface area contributed by atoms with E-state index in [4.69, 9.17) is 5.11 Å². The minimum absolute atomic E-state index is 0.0572. The van der Waals surface area contributed by atoms with Crippen LogP contribution in [0, 0.1) is 12.8 Å². The van der Waals surface area contributed by atoms with E-state index >= 15 is 0 Å². The number of methoxy groups -OCH3 is 1. The van der Waals surface area contributed by atoms with Crippen molar-refractivity contribution in [3.63, 3.8) is 0 Å². The smallest absolute Gasteiger partial charge is 0.349 e. The lowest BCUT2D eigenvalue weighted by Gasteiger charge is -2.30. The highest BCUT2D eigenvalue weighted by atomic mass is 32.2. The van der Waals surface area contributed by atoms with Gasteiger partial charge in [0.1, 0.15) is 9.77 Å². The normalized spacial score (nSPS) is 17.9. The van der Waals surface area contributed by atoms with E-state index in [0.29, 0.717) is 31.5 Å². The summed E-state index contributed by atoms with van der Waals surface area (Å²) in [4.78, 5) is 11.9. The molecule has 2 heterocycles. The first-order chi connectivity index (χ1) is 9.91. The molecule has 0 aromatic carbocycles. The molecule has 0 unspecified atom stereocenters. The molecule has 0 radical (unpaired) electrons. The maximum Gasteiger partial charge on any atom is 0.349 e. The molecule has 0 atom stereocenters. The van der Waals surface area contributed by atoms with Crippen LogP contribution in [-0.2, 0) is 14.8 Å². The molecule has 1 N–H and O–H groups in total. The number of piperidine rings is 1. The van der Waals surface area contributed by atoms with E-state index in [1.807, 2.05) is 0 Å². The zero-order valence-corrected chi connectivity index (χ0v) is 13.7. The number of carbonyl (C=O) groups is 1. The second-order valence-corrected chi connectivity index (χ2v) is 7.85. The Morgan fingerprint density at radius 3 is 2.62 bits per heavy atom. The van der Waals surface area contributed by atoms with E-state index < -0.39 is 16.0 Å².